The standard InChI is InChI=1S/C17H23N3O/c1-12-10-13(2)20(19-12)15-9-7-6-8-14(15)18-16(21)11-17(3,4)5/h6-10H,11H2,1-5H3,(H,18,21). The highest BCUT2D eigenvalue weighted by Gasteiger charge is 2.17. The summed E-state index contributed by atoms with van der Waals surface area (Å²) in [7, 11) is 0. The molecule has 1 amide bonds. The lowest BCUT2D eigenvalue weighted by molar-refractivity contribution is -0.117. The molecule has 1 N–H and O–H groups in total. The Morgan fingerprint density at radius 3 is 2.48 bits per heavy atom. The molecule has 0 fully saturated rings. The van der Waals surface area contributed by atoms with Gasteiger partial charge < -0.3 is 5.32 Å². The number of nitrogens with zero attached hydrogens (tertiary/aromatic N) is 2. The van der Waals surface area contributed by atoms with Crippen molar-refractivity contribution in [2.24, 2.45) is 5.41 Å². The average Bonchev–Trinajstić information content (AvgIpc) is 2.66. The van der Waals surface area contributed by atoms with E-state index in [2.05, 4.69) is 31.2 Å². The minimum atomic E-state index is -0.0305. The van der Waals surface area contributed by atoms with Gasteiger partial charge in [-0.1, -0.05) is 32.9 Å². The molecule has 2 aromatic rings. The number of hydrogen-bond donors (Lipinski definition) is 1. The summed E-state index contributed by atoms with van der Waals surface area (Å²) in [5.74, 6) is 0.0245. The molecule has 0 aliphatic carbocycles. The average molecular weight is 285 g/mol. The van der Waals surface area contributed by atoms with Crippen LogP contribution in [0.5, 0.6) is 0 Å². The van der Waals surface area contributed by atoms with E-state index in [1.165, 1.54) is 0 Å². The molecule has 112 valence electrons. The van der Waals surface area contributed by atoms with Crippen LogP contribution in [0.15, 0.2) is 30.3 Å². The predicted molar refractivity (Wildman–Crippen MR) is 85.7 cm³/mol. The van der Waals surface area contributed by atoms with Gasteiger partial charge in [-0.25, -0.2) is 4.68 Å². The first-order valence-electron chi connectivity index (χ1n) is 7.19. The maximum absolute atomic E-state index is 12.2. The van der Waals surface area contributed by atoms with Gasteiger partial charge in [-0.15, -0.1) is 0 Å². The number of amides is 1. The van der Waals surface area contributed by atoms with Crippen LogP contribution in [0.4, 0.5) is 5.69 Å². The van der Waals surface area contributed by atoms with Crippen LogP contribution in [0.2, 0.25) is 0 Å². The lowest BCUT2D eigenvalue weighted by atomic mass is 9.92. The van der Waals surface area contributed by atoms with Crippen LogP contribution < -0.4 is 5.32 Å². The number of carbonyl (C=O) groups excluding carboxylic acids is 1. The Labute approximate surface area is 126 Å². The van der Waals surface area contributed by atoms with E-state index in [0.29, 0.717) is 6.42 Å². The summed E-state index contributed by atoms with van der Waals surface area (Å²) >= 11 is 0. The number of nitrogens with one attached hydrogen (secondary N) is 1. The number of aromatic nitrogens is 2. The summed E-state index contributed by atoms with van der Waals surface area (Å²) in [5.41, 5.74) is 3.66. The summed E-state index contributed by atoms with van der Waals surface area (Å²) in [6, 6.07) is 9.76. The molecule has 0 unspecified atom stereocenters. The Morgan fingerprint density at radius 1 is 1.24 bits per heavy atom. The van der Waals surface area contributed by atoms with E-state index < -0.39 is 0 Å². The van der Waals surface area contributed by atoms with Gasteiger partial charge in [0.05, 0.1) is 17.1 Å². The Hall–Kier alpha value is -2.10. The second kappa shape index (κ2) is 5.72. The highest BCUT2D eigenvalue weighted by molar-refractivity contribution is 5.93. The summed E-state index contributed by atoms with van der Waals surface area (Å²) < 4.78 is 1.86. The third kappa shape index (κ3) is 3.94. The molecule has 4 nitrogen and oxygen atoms in total. The molecule has 4 heteroatoms. The fourth-order valence-electron chi connectivity index (χ4n) is 2.31. The minimum Gasteiger partial charge on any atom is -0.324 e. The van der Waals surface area contributed by atoms with Gasteiger partial charge in [-0.2, -0.15) is 5.10 Å². The van der Waals surface area contributed by atoms with Crippen molar-refractivity contribution in [2.45, 2.75) is 41.0 Å². The van der Waals surface area contributed by atoms with Crippen molar-refractivity contribution in [1.82, 2.24) is 9.78 Å². The summed E-state index contributed by atoms with van der Waals surface area (Å²) in [4.78, 5) is 12.2. The smallest absolute Gasteiger partial charge is 0.224 e. The predicted octanol–water partition coefficient (Wildman–Crippen LogP) is 3.86. The van der Waals surface area contributed by atoms with Crippen molar-refractivity contribution < 1.29 is 4.79 Å². The molecule has 0 saturated carbocycles. The highest BCUT2D eigenvalue weighted by atomic mass is 16.1. The molecule has 0 aliphatic heterocycles. The number of carbonyl (C=O) groups is 1. The van der Waals surface area contributed by atoms with E-state index in [0.717, 1.165) is 22.8 Å². The molecule has 2 rings (SSSR count). The van der Waals surface area contributed by atoms with E-state index in [9.17, 15) is 4.79 Å². The molecule has 1 aromatic heterocycles. The lowest BCUT2D eigenvalue weighted by Crippen LogP contribution is -2.20. The van der Waals surface area contributed by atoms with Crippen LogP contribution in [-0.4, -0.2) is 15.7 Å². The molecular weight excluding hydrogens is 262 g/mol. The van der Waals surface area contributed by atoms with E-state index in [4.69, 9.17) is 0 Å². The van der Waals surface area contributed by atoms with Gasteiger partial charge in [0, 0.05) is 12.1 Å². The Morgan fingerprint density at radius 2 is 1.90 bits per heavy atom. The van der Waals surface area contributed by atoms with Gasteiger partial charge in [0.25, 0.3) is 0 Å². The first-order valence-corrected chi connectivity index (χ1v) is 7.19. The zero-order valence-corrected chi connectivity index (χ0v) is 13.4. The van der Waals surface area contributed by atoms with Crippen molar-refractivity contribution in [1.29, 1.82) is 0 Å². The van der Waals surface area contributed by atoms with Gasteiger partial charge in [-0.05, 0) is 37.5 Å². The Bertz CT molecular complexity index is 650. The fourth-order valence-corrected chi connectivity index (χ4v) is 2.31. The number of benzene rings is 1. The van der Waals surface area contributed by atoms with E-state index in [1.54, 1.807) is 0 Å². The van der Waals surface area contributed by atoms with Gasteiger partial charge >= 0.3 is 0 Å². The van der Waals surface area contributed by atoms with Gasteiger partial charge in [0.1, 0.15) is 0 Å². The van der Waals surface area contributed by atoms with E-state index in [-0.39, 0.29) is 11.3 Å². The van der Waals surface area contributed by atoms with Crippen molar-refractivity contribution in [2.75, 3.05) is 5.32 Å². The highest BCUT2D eigenvalue weighted by Crippen LogP contribution is 2.24. The molecule has 0 saturated heterocycles. The van der Waals surface area contributed by atoms with Crippen molar-refractivity contribution >= 4 is 11.6 Å². The third-order valence-corrected chi connectivity index (χ3v) is 3.11. The first-order chi connectivity index (χ1) is 9.76. The van der Waals surface area contributed by atoms with Crippen molar-refractivity contribution in [3.8, 4) is 5.69 Å². The van der Waals surface area contributed by atoms with E-state index >= 15 is 0 Å². The largest absolute Gasteiger partial charge is 0.324 e. The first kappa shape index (κ1) is 15.3. The summed E-state index contributed by atoms with van der Waals surface area (Å²) in [5, 5.41) is 7.49. The van der Waals surface area contributed by atoms with E-state index in [1.807, 2.05) is 48.9 Å². The number of rotatable bonds is 3. The van der Waals surface area contributed by atoms with Gasteiger partial charge in [0.15, 0.2) is 0 Å². The monoisotopic (exact) mass is 285 g/mol. The lowest BCUT2D eigenvalue weighted by Gasteiger charge is -2.18. The molecule has 0 spiro atoms. The quantitative estimate of drug-likeness (QED) is 0.930. The fraction of sp³-hybridized carbons (Fsp3) is 0.412. The number of para-hydroxylation sites is 2. The third-order valence-electron chi connectivity index (χ3n) is 3.11. The SMILES string of the molecule is Cc1cc(C)n(-c2ccccc2NC(=O)CC(C)(C)C)n1. The number of anilines is 1. The number of hydrogen-bond acceptors (Lipinski definition) is 2. The molecule has 21 heavy (non-hydrogen) atoms. The maximum atomic E-state index is 12.2. The van der Waals surface area contributed by atoms with Gasteiger partial charge in [0.2, 0.25) is 5.91 Å². The van der Waals surface area contributed by atoms with Crippen LogP contribution >= 0.6 is 0 Å². The molecular formula is C17H23N3O. The van der Waals surface area contributed by atoms with Crippen LogP contribution in [0, 0.1) is 19.3 Å². The topological polar surface area (TPSA) is 46.9 Å². The molecule has 1 heterocycles. The Kier molecular flexibility index (Phi) is 4.16. The minimum absolute atomic E-state index is 0.0245. The normalized spacial score (nSPS) is 11.5. The second-order valence-corrected chi connectivity index (χ2v) is 6.64. The zero-order chi connectivity index (χ0) is 15.6. The molecule has 0 atom stereocenters. The second-order valence-electron chi connectivity index (χ2n) is 6.64. The maximum Gasteiger partial charge on any atom is 0.224 e. The Balaban J connectivity index is 2.30. The summed E-state index contributed by atoms with van der Waals surface area (Å²) in [6.07, 6.45) is 0.485. The zero-order valence-electron chi connectivity index (χ0n) is 13.4. The van der Waals surface area contributed by atoms with Crippen LogP contribution in [-0.2, 0) is 4.79 Å². The molecule has 0 radical (unpaired) electrons. The van der Waals surface area contributed by atoms with Crippen LogP contribution in [0.3, 0.4) is 0 Å². The summed E-state index contributed by atoms with van der Waals surface area (Å²) in [6.45, 7) is 10.1. The van der Waals surface area contributed by atoms with Crippen molar-refractivity contribution in [3.05, 3.63) is 41.7 Å². The molecule has 0 aliphatic rings. The van der Waals surface area contributed by atoms with Crippen LogP contribution in [0.1, 0.15) is 38.6 Å². The molecule has 1 aromatic carbocycles. The number of aryl methyl sites for hydroxylation is 2. The molecule has 0 bridgehead atoms. The van der Waals surface area contributed by atoms with Gasteiger partial charge in [-0.3, -0.25) is 4.79 Å². The van der Waals surface area contributed by atoms with Crippen LogP contribution in [0.25, 0.3) is 5.69 Å². The van der Waals surface area contributed by atoms with Crippen molar-refractivity contribution in [3.63, 3.8) is 0 Å².